The Morgan fingerprint density at radius 1 is 0.769 bits per heavy atom. The fraction of sp³-hybridized carbons (Fsp3) is 0.200. The number of allylic oxidation sites excluding steroid dienone is 8. The molecule has 0 saturated heterocycles. The molecule has 0 aromatic heterocycles. The van der Waals surface area contributed by atoms with E-state index in [1.54, 1.807) is 0 Å². The first-order valence-corrected chi connectivity index (χ1v) is 3.43. The molecule has 0 saturated carbocycles. The zero-order valence-corrected chi connectivity index (χ0v) is 13.0. The molecule has 2 aliphatic carbocycles. The van der Waals surface area contributed by atoms with Crippen LogP contribution in [0.1, 0.15) is 12.8 Å². The molecule has 0 amide bonds. The molecule has 0 nitrogen and oxygen atoms in total. The summed E-state index contributed by atoms with van der Waals surface area (Å²) in [5.41, 5.74) is 0. The minimum Gasteiger partial charge on any atom is -1.00 e. The van der Waals surface area contributed by atoms with Gasteiger partial charge in [-0.15, -0.1) is 12.8 Å². The van der Waals surface area contributed by atoms with E-state index in [9.17, 15) is 0 Å². The van der Waals surface area contributed by atoms with Crippen molar-refractivity contribution in [3.8, 4) is 0 Å². The molecule has 0 unspecified atom stereocenters. The first kappa shape index (κ1) is 19.7. The fourth-order valence-electron chi connectivity index (χ4n) is 0.680. The van der Waals surface area contributed by atoms with Crippen LogP contribution in [0.25, 0.3) is 0 Å². The van der Waals surface area contributed by atoms with Gasteiger partial charge >= 0.3 is 21.7 Å². The van der Waals surface area contributed by atoms with Gasteiger partial charge in [0.1, 0.15) is 0 Å². The molecule has 68 valence electrons. The average Bonchev–Trinajstić information content (AvgIpc) is 2.67. The Labute approximate surface area is 130 Å². The van der Waals surface area contributed by atoms with E-state index < -0.39 is 0 Å². The largest absolute Gasteiger partial charge is 4.00 e. The van der Waals surface area contributed by atoms with Crippen molar-refractivity contribution >= 4 is 0 Å². The Kier molecular flexibility index (Phi) is 23.6. The Hall–Kier alpha value is 1.13. The predicted octanol–water partition coefficient (Wildman–Crippen LogP) is -3.38. The Morgan fingerprint density at radius 3 is 1.23 bits per heavy atom. The molecule has 0 radical (unpaired) electrons. The van der Waals surface area contributed by atoms with Crippen LogP contribution in [0.2, 0.25) is 0 Å². The molecule has 0 heterocycles. The van der Waals surface area contributed by atoms with Gasteiger partial charge in [0.2, 0.25) is 0 Å². The molecule has 0 aromatic rings. The van der Waals surface area contributed by atoms with Gasteiger partial charge in [-0.1, -0.05) is 0 Å². The molecule has 0 N–H and O–H groups in total. The van der Waals surface area contributed by atoms with Gasteiger partial charge in [0, 0.05) is 0 Å². The van der Waals surface area contributed by atoms with Crippen molar-refractivity contribution in [3.05, 3.63) is 48.6 Å². The average molecular weight is 432 g/mol. The van der Waals surface area contributed by atoms with Crippen molar-refractivity contribution in [2.45, 2.75) is 12.8 Å². The van der Waals surface area contributed by atoms with Gasteiger partial charge in [-0.3, -0.25) is 12.2 Å². The quantitative estimate of drug-likeness (QED) is 0.213. The molecule has 3 heteroatoms. The summed E-state index contributed by atoms with van der Waals surface area (Å²) in [5.74, 6) is 0. The standard InChI is InChI=1S/2C5H5.2HI.Ti/c2*1-2-4-5-3-1;;;/h2*1-3H,4H2;2*1H;/q2*-1;;;+4/p-2. The van der Waals surface area contributed by atoms with Gasteiger partial charge < -0.3 is 48.0 Å². The third kappa shape index (κ3) is 13.1. The summed E-state index contributed by atoms with van der Waals surface area (Å²) in [6, 6.07) is 0. The van der Waals surface area contributed by atoms with Crippen LogP contribution < -0.4 is 48.0 Å². The minimum atomic E-state index is 0. The molecule has 0 bridgehead atoms. The SMILES string of the molecule is [C-]1=CC=CC1.[C-]1=CC=CC1.[I-].[I-].[Ti+4]. The van der Waals surface area contributed by atoms with Crippen LogP contribution >= 0.6 is 0 Å². The van der Waals surface area contributed by atoms with Crippen LogP contribution in [0.3, 0.4) is 0 Å². The summed E-state index contributed by atoms with van der Waals surface area (Å²) < 4.78 is 0. The van der Waals surface area contributed by atoms with Crippen LogP contribution in [0, 0.1) is 12.2 Å². The Morgan fingerprint density at radius 2 is 1.15 bits per heavy atom. The van der Waals surface area contributed by atoms with E-state index in [1.807, 2.05) is 24.3 Å². The first-order chi connectivity index (χ1) is 5.00. The van der Waals surface area contributed by atoms with E-state index in [1.165, 1.54) is 0 Å². The Balaban J connectivity index is -0.000000125. The Bertz CT molecular complexity index is 151. The van der Waals surface area contributed by atoms with Gasteiger partial charge in [0.15, 0.2) is 0 Å². The number of hydrogen-bond donors (Lipinski definition) is 0. The van der Waals surface area contributed by atoms with E-state index in [0.717, 1.165) is 12.8 Å². The molecular formula is C10H10I2Ti. The summed E-state index contributed by atoms with van der Waals surface area (Å²) in [4.78, 5) is 0. The molecule has 2 aliphatic rings. The maximum atomic E-state index is 2.99. The van der Waals surface area contributed by atoms with E-state index in [0.29, 0.717) is 0 Å². The fourth-order valence-corrected chi connectivity index (χ4v) is 0.680. The van der Waals surface area contributed by atoms with Crippen molar-refractivity contribution in [3.63, 3.8) is 0 Å². The number of rotatable bonds is 0. The smallest absolute Gasteiger partial charge is 1.00 e. The van der Waals surface area contributed by atoms with Crippen molar-refractivity contribution < 1.29 is 69.7 Å². The number of halogens is 2. The second-order valence-corrected chi connectivity index (χ2v) is 2.01. The second kappa shape index (κ2) is 15.6. The molecule has 0 aliphatic heterocycles. The maximum Gasteiger partial charge on any atom is 4.00 e. The molecular weight excluding hydrogens is 422 g/mol. The van der Waals surface area contributed by atoms with Crippen molar-refractivity contribution in [1.29, 1.82) is 0 Å². The van der Waals surface area contributed by atoms with E-state index in [2.05, 4.69) is 24.3 Å². The summed E-state index contributed by atoms with van der Waals surface area (Å²) >= 11 is 0. The van der Waals surface area contributed by atoms with E-state index >= 15 is 0 Å². The molecule has 0 fully saturated rings. The van der Waals surface area contributed by atoms with Gasteiger partial charge in [-0.25, -0.2) is 24.3 Å². The van der Waals surface area contributed by atoms with Crippen LogP contribution in [-0.4, -0.2) is 0 Å². The molecule has 13 heavy (non-hydrogen) atoms. The summed E-state index contributed by atoms with van der Waals surface area (Å²) in [6.07, 6.45) is 20.0. The zero-order chi connectivity index (χ0) is 7.07. The topological polar surface area (TPSA) is 0 Å². The molecule has 0 aromatic carbocycles. The van der Waals surface area contributed by atoms with Crippen LogP contribution in [-0.2, 0) is 21.7 Å². The van der Waals surface area contributed by atoms with Gasteiger partial charge in [0.05, 0.1) is 0 Å². The monoisotopic (exact) mass is 432 g/mol. The first-order valence-electron chi connectivity index (χ1n) is 3.43. The summed E-state index contributed by atoms with van der Waals surface area (Å²) in [6.45, 7) is 0. The van der Waals surface area contributed by atoms with Gasteiger partial charge in [-0.05, 0) is 0 Å². The van der Waals surface area contributed by atoms with Crippen LogP contribution in [0.5, 0.6) is 0 Å². The maximum absolute atomic E-state index is 2.99. The third-order valence-corrected chi connectivity index (χ3v) is 1.17. The predicted molar refractivity (Wildman–Crippen MR) is 43.1 cm³/mol. The summed E-state index contributed by atoms with van der Waals surface area (Å²) in [7, 11) is 0. The van der Waals surface area contributed by atoms with Gasteiger partial charge in [0.25, 0.3) is 0 Å². The second-order valence-electron chi connectivity index (χ2n) is 2.01. The van der Waals surface area contributed by atoms with Crippen LogP contribution in [0.4, 0.5) is 0 Å². The normalized spacial score (nSPS) is 13.5. The van der Waals surface area contributed by atoms with Crippen LogP contribution in [0.15, 0.2) is 36.5 Å². The van der Waals surface area contributed by atoms with Gasteiger partial charge in [-0.2, -0.15) is 12.2 Å². The van der Waals surface area contributed by atoms with E-state index in [-0.39, 0.29) is 69.7 Å². The van der Waals surface area contributed by atoms with Crippen molar-refractivity contribution in [2.24, 2.45) is 0 Å². The molecule has 0 spiro atoms. The third-order valence-electron chi connectivity index (χ3n) is 1.17. The minimum absolute atomic E-state index is 0. The number of hydrogen-bond acceptors (Lipinski definition) is 0. The van der Waals surface area contributed by atoms with Crippen molar-refractivity contribution in [1.82, 2.24) is 0 Å². The van der Waals surface area contributed by atoms with E-state index in [4.69, 9.17) is 0 Å². The van der Waals surface area contributed by atoms with Crippen molar-refractivity contribution in [2.75, 3.05) is 0 Å². The molecule has 2 rings (SSSR count). The zero-order valence-electron chi connectivity index (χ0n) is 7.13. The summed E-state index contributed by atoms with van der Waals surface area (Å²) in [5, 5.41) is 0. The molecule has 0 atom stereocenters.